The van der Waals surface area contributed by atoms with E-state index in [0.717, 1.165) is 77.0 Å². The van der Waals surface area contributed by atoms with Gasteiger partial charge in [0.05, 0.1) is 0 Å². The maximum Gasteiger partial charge on any atom is 0.306 e. The second-order valence-corrected chi connectivity index (χ2v) is 18.1. The average Bonchev–Trinajstić information content (AvgIpc) is 3.27. The fraction of sp³-hybridized carbons (Fsp3) is 0.839. The van der Waals surface area contributed by atoms with Crippen molar-refractivity contribution in [3.63, 3.8) is 0 Å². The van der Waals surface area contributed by atoms with Crippen LogP contribution in [0.1, 0.15) is 284 Å². The third-order valence-corrected chi connectivity index (χ3v) is 11.8. The number of carbonyl (C=O) groups is 3. The van der Waals surface area contributed by atoms with E-state index in [-0.39, 0.29) is 31.1 Å². The number of unbranched alkanes of at least 4 members (excludes halogenated alkanes) is 32. The minimum absolute atomic E-state index is 0.0788. The molecule has 0 aliphatic rings. The first-order valence-corrected chi connectivity index (χ1v) is 27.0. The Balaban J connectivity index is 4.32. The fourth-order valence-electron chi connectivity index (χ4n) is 7.73. The van der Waals surface area contributed by atoms with Gasteiger partial charge in [-0.25, -0.2) is 0 Å². The van der Waals surface area contributed by atoms with E-state index in [2.05, 4.69) is 57.2 Å². The van der Waals surface area contributed by atoms with Gasteiger partial charge in [-0.1, -0.05) is 211 Å². The van der Waals surface area contributed by atoms with Crippen molar-refractivity contribution in [3.8, 4) is 0 Å². The van der Waals surface area contributed by atoms with Crippen LogP contribution in [0.25, 0.3) is 0 Å². The Morgan fingerprint density at radius 1 is 0.306 bits per heavy atom. The maximum absolute atomic E-state index is 12.8. The van der Waals surface area contributed by atoms with E-state index in [1.54, 1.807) is 0 Å². The van der Waals surface area contributed by atoms with Crippen molar-refractivity contribution in [1.29, 1.82) is 0 Å². The zero-order valence-electron chi connectivity index (χ0n) is 41.4. The lowest BCUT2D eigenvalue weighted by Gasteiger charge is -2.18. The molecule has 362 valence electrons. The molecule has 0 rings (SSSR count). The molecule has 6 heteroatoms. The van der Waals surface area contributed by atoms with Gasteiger partial charge in [0.2, 0.25) is 0 Å². The summed E-state index contributed by atoms with van der Waals surface area (Å²) in [7, 11) is 0. The number of hydrogen-bond acceptors (Lipinski definition) is 6. The molecule has 0 aromatic rings. The van der Waals surface area contributed by atoms with Gasteiger partial charge in [-0.3, -0.25) is 14.4 Å². The lowest BCUT2D eigenvalue weighted by molar-refractivity contribution is -0.167. The van der Waals surface area contributed by atoms with Crippen molar-refractivity contribution in [3.05, 3.63) is 36.5 Å². The van der Waals surface area contributed by atoms with Crippen molar-refractivity contribution in [2.75, 3.05) is 13.2 Å². The van der Waals surface area contributed by atoms with Crippen LogP contribution in [0, 0.1) is 0 Å². The molecule has 0 aliphatic heterocycles. The summed E-state index contributed by atoms with van der Waals surface area (Å²) in [6.45, 7) is 6.58. The topological polar surface area (TPSA) is 78.9 Å². The number of carbonyl (C=O) groups excluding carboxylic acids is 3. The van der Waals surface area contributed by atoms with E-state index in [4.69, 9.17) is 14.2 Å². The van der Waals surface area contributed by atoms with Gasteiger partial charge in [-0.15, -0.1) is 0 Å². The summed E-state index contributed by atoms with van der Waals surface area (Å²) < 4.78 is 16.8. The molecule has 0 amide bonds. The Morgan fingerprint density at radius 2 is 0.565 bits per heavy atom. The fourth-order valence-corrected chi connectivity index (χ4v) is 7.73. The van der Waals surface area contributed by atoms with Crippen molar-refractivity contribution in [2.45, 2.75) is 290 Å². The molecule has 0 heterocycles. The van der Waals surface area contributed by atoms with Crippen LogP contribution in [0.3, 0.4) is 0 Å². The minimum Gasteiger partial charge on any atom is -0.462 e. The number of rotatable bonds is 49. The summed E-state index contributed by atoms with van der Waals surface area (Å²) in [6.07, 6.45) is 59.9. The van der Waals surface area contributed by atoms with Crippen LogP contribution in [0.5, 0.6) is 0 Å². The minimum atomic E-state index is -0.779. The van der Waals surface area contributed by atoms with E-state index >= 15 is 0 Å². The first-order chi connectivity index (χ1) is 30.5. The van der Waals surface area contributed by atoms with Crippen molar-refractivity contribution in [1.82, 2.24) is 0 Å². The first kappa shape index (κ1) is 59.6. The summed E-state index contributed by atoms with van der Waals surface area (Å²) in [5.41, 5.74) is 0. The lowest BCUT2D eigenvalue weighted by atomic mass is 10.1. The van der Waals surface area contributed by atoms with Crippen LogP contribution >= 0.6 is 0 Å². The Labute approximate surface area is 385 Å². The van der Waals surface area contributed by atoms with Gasteiger partial charge in [0.15, 0.2) is 6.10 Å². The second-order valence-electron chi connectivity index (χ2n) is 18.1. The SMILES string of the molecule is CCC/C=C\CCCCCCCC(=O)OCC(COC(=O)CCCCCCCCC/C=C\CCCCCCCCC)OC(=O)CCCCCCC/C=C\CCCCCCCCC. The Kier molecular flexibility index (Phi) is 49.3. The summed E-state index contributed by atoms with van der Waals surface area (Å²) in [5, 5.41) is 0. The zero-order valence-corrected chi connectivity index (χ0v) is 41.4. The lowest BCUT2D eigenvalue weighted by Crippen LogP contribution is -2.30. The molecule has 0 spiro atoms. The van der Waals surface area contributed by atoms with E-state index in [0.29, 0.717) is 19.3 Å². The highest BCUT2D eigenvalue weighted by atomic mass is 16.6. The standard InChI is InChI=1S/C56H102O6/c1-4-7-10-13-16-19-22-24-26-28-29-31-32-34-37-40-43-46-49-55(58)61-52-53(51-60-54(57)48-45-42-39-36-21-18-15-12-9-6-3)62-56(59)50-47-44-41-38-35-33-30-27-25-23-20-17-14-11-8-5-2/h12,15,26-28,30,53H,4-11,13-14,16-25,29,31-52H2,1-3H3/b15-12-,28-26-,30-27-. The monoisotopic (exact) mass is 871 g/mol. The molecule has 0 saturated heterocycles. The molecule has 0 aromatic carbocycles. The normalized spacial score (nSPS) is 12.2. The van der Waals surface area contributed by atoms with Gasteiger partial charge >= 0.3 is 17.9 Å². The van der Waals surface area contributed by atoms with E-state index in [1.807, 2.05) is 0 Å². The van der Waals surface area contributed by atoms with Crippen molar-refractivity contribution in [2.24, 2.45) is 0 Å². The number of ether oxygens (including phenoxy) is 3. The van der Waals surface area contributed by atoms with Crippen molar-refractivity contribution < 1.29 is 28.6 Å². The van der Waals surface area contributed by atoms with Crippen LogP contribution in [0.15, 0.2) is 36.5 Å². The molecule has 0 radical (unpaired) electrons. The molecule has 0 aromatic heterocycles. The number of allylic oxidation sites excluding steroid dienone is 6. The molecule has 0 N–H and O–H groups in total. The van der Waals surface area contributed by atoms with Crippen LogP contribution < -0.4 is 0 Å². The molecule has 6 nitrogen and oxygen atoms in total. The van der Waals surface area contributed by atoms with Gasteiger partial charge < -0.3 is 14.2 Å². The highest BCUT2D eigenvalue weighted by Gasteiger charge is 2.19. The van der Waals surface area contributed by atoms with Gasteiger partial charge in [-0.05, 0) is 89.9 Å². The quantitative estimate of drug-likeness (QED) is 0.0262. The molecule has 1 atom stereocenters. The van der Waals surface area contributed by atoms with Crippen LogP contribution in [-0.2, 0) is 28.6 Å². The predicted octanol–water partition coefficient (Wildman–Crippen LogP) is 17.7. The summed E-state index contributed by atoms with van der Waals surface area (Å²) in [5.74, 6) is -0.892. The number of esters is 3. The molecule has 0 fully saturated rings. The summed E-state index contributed by atoms with van der Waals surface area (Å²) in [4.78, 5) is 38.0. The van der Waals surface area contributed by atoms with Crippen LogP contribution in [-0.4, -0.2) is 37.2 Å². The first-order valence-electron chi connectivity index (χ1n) is 27.0. The Bertz CT molecular complexity index is 1050. The van der Waals surface area contributed by atoms with E-state index in [1.165, 1.54) is 167 Å². The van der Waals surface area contributed by atoms with Gasteiger partial charge in [-0.2, -0.15) is 0 Å². The second kappa shape index (κ2) is 51.3. The molecule has 1 unspecified atom stereocenters. The molecular formula is C56H102O6. The molecule has 62 heavy (non-hydrogen) atoms. The summed E-state index contributed by atoms with van der Waals surface area (Å²) in [6, 6.07) is 0. The third kappa shape index (κ3) is 48.7. The summed E-state index contributed by atoms with van der Waals surface area (Å²) >= 11 is 0. The van der Waals surface area contributed by atoms with Gasteiger partial charge in [0.1, 0.15) is 13.2 Å². The highest BCUT2D eigenvalue weighted by Crippen LogP contribution is 2.15. The molecule has 0 aliphatic carbocycles. The van der Waals surface area contributed by atoms with E-state index < -0.39 is 6.10 Å². The molecular weight excluding hydrogens is 769 g/mol. The Morgan fingerprint density at radius 3 is 0.871 bits per heavy atom. The van der Waals surface area contributed by atoms with Crippen LogP contribution in [0.2, 0.25) is 0 Å². The average molecular weight is 871 g/mol. The largest absolute Gasteiger partial charge is 0.462 e. The van der Waals surface area contributed by atoms with Gasteiger partial charge in [0.25, 0.3) is 0 Å². The molecule has 0 bridgehead atoms. The number of hydrogen-bond donors (Lipinski definition) is 0. The third-order valence-electron chi connectivity index (χ3n) is 11.8. The maximum atomic E-state index is 12.8. The predicted molar refractivity (Wildman–Crippen MR) is 266 cm³/mol. The smallest absolute Gasteiger partial charge is 0.306 e. The highest BCUT2D eigenvalue weighted by molar-refractivity contribution is 5.71. The van der Waals surface area contributed by atoms with Gasteiger partial charge in [0, 0.05) is 19.3 Å². The van der Waals surface area contributed by atoms with Crippen molar-refractivity contribution >= 4 is 17.9 Å². The van der Waals surface area contributed by atoms with Crippen LogP contribution in [0.4, 0.5) is 0 Å². The van der Waals surface area contributed by atoms with E-state index in [9.17, 15) is 14.4 Å². The molecule has 0 saturated carbocycles. The Hall–Kier alpha value is -2.37. The zero-order chi connectivity index (χ0) is 45.1.